The molecule has 2 heterocycles. The third-order valence-electron chi connectivity index (χ3n) is 6.61. The normalized spacial score (nSPS) is 16.2. The Bertz CT molecular complexity index is 1300. The van der Waals surface area contributed by atoms with Crippen LogP contribution in [-0.2, 0) is 4.74 Å². The monoisotopic (exact) mass is 489 g/mol. The lowest BCUT2D eigenvalue weighted by molar-refractivity contribution is -0.384. The van der Waals surface area contributed by atoms with Gasteiger partial charge in [0.15, 0.2) is 0 Å². The van der Waals surface area contributed by atoms with Crippen LogP contribution in [0.15, 0.2) is 60.7 Å². The lowest BCUT2D eigenvalue weighted by Crippen LogP contribution is -2.54. The smallest absolute Gasteiger partial charge is 0.320 e. The number of piperazine rings is 1. The van der Waals surface area contributed by atoms with Crippen molar-refractivity contribution in [2.75, 3.05) is 62.7 Å². The number of amides is 3. The zero-order valence-electron chi connectivity index (χ0n) is 19.8. The number of nitro groups is 1. The van der Waals surface area contributed by atoms with Gasteiger partial charge in [0, 0.05) is 56.6 Å². The molecule has 0 radical (unpaired) electrons. The SMILES string of the molecule is O=C(Nc1ccc2ccccc2c1)c1ccc(N2CCN(C(=O)N3CCOCC3)CC2)c([N+](=O)[O-])c1. The van der Waals surface area contributed by atoms with Gasteiger partial charge in [-0.15, -0.1) is 0 Å². The number of hydrogen-bond acceptors (Lipinski definition) is 6. The summed E-state index contributed by atoms with van der Waals surface area (Å²) in [6, 6.07) is 17.9. The van der Waals surface area contributed by atoms with Gasteiger partial charge in [0.25, 0.3) is 11.6 Å². The summed E-state index contributed by atoms with van der Waals surface area (Å²) in [6.07, 6.45) is 0. The molecule has 2 fully saturated rings. The minimum Gasteiger partial charge on any atom is -0.378 e. The molecule has 10 heteroatoms. The van der Waals surface area contributed by atoms with Gasteiger partial charge in [0.2, 0.25) is 0 Å². The highest BCUT2D eigenvalue weighted by Crippen LogP contribution is 2.31. The van der Waals surface area contributed by atoms with Crippen molar-refractivity contribution in [3.05, 3.63) is 76.3 Å². The summed E-state index contributed by atoms with van der Waals surface area (Å²) in [4.78, 5) is 42.5. The number of carbonyl (C=O) groups is 2. The number of nitro benzene ring substituents is 1. The Morgan fingerprint density at radius 2 is 1.53 bits per heavy atom. The second kappa shape index (κ2) is 10.2. The Morgan fingerprint density at radius 1 is 0.833 bits per heavy atom. The van der Waals surface area contributed by atoms with E-state index >= 15 is 0 Å². The van der Waals surface area contributed by atoms with E-state index in [-0.39, 0.29) is 17.3 Å². The van der Waals surface area contributed by atoms with E-state index in [1.165, 1.54) is 6.07 Å². The Hall–Kier alpha value is -4.18. The van der Waals surface area contributed by atoms with E-state index in [1.807, 2.05) is 41.3 Å². The molecular weight excluding hydrogens is 462 g/mol. The number of hydrogen-bond donors (Lipinski definition) is 1. The summed E-state index contributed by atoms with van der Waals surface area (Å²) < 4.78 is 5.31. The van der Waals surface area contributed by atoms with Gasteiger partial charge in [-0.2, -0.15) is 0 Å². The summed E-state index contributed by atoms with van der Waals surface area (Å²) in [7, 11) is 0. The molecule has 3 aromatic carbocycles. The van der Waals surface area contributed by atoms with E-state index in [4.69, 9.17) is 4.74 Å². The highest BCUT2D eigenvalue weighted by Gasteiger charge is 2.29. The van der Waals surface area contributed by atoms with Crippen molar-refractivity contribution in [3.8, 4) is 0 Å². The summed E-state index contributed by atoms with van der Waals surface area (Å²) in [5, 5.41) is 16.8. The number of rotatable bonds is 4. The number of benzene rings is 3. The van der Waals surface area contributed by atoms with Crippen molar-refractivity contribution in [2.45, 2.75) is 0 Å². The van der Waals surface area contributed by atoms with Crippen molar-refractivity contribution in [1.82, 2.24) is 9.80 Å². The Balaban J connectivity index is 1.27. The van der Waals surface area contributed by atoms with Crippen LogP contribution in [0.25, 0.3) is 10.8 Å². The second-order valence-corrected chi connectivity index (χ2v) is 8.83. The average Bonchev–Trinajstić information content (AvgIpc) is 2.92. The van der Waals surface area contributed by atoms with E-state index in [0.717, 1.165) is 10.8 Å². The molecule has 0 spiro atoms. The molecular formula is C26H27N5O5. The van der Waals surface area contributed by atoms with Gasteiger partial charge in [-0.3, -0.25) is 14.9 Å². The molecule has 3 aromatic rings. The molecule has 5 rings (SSSR count). The highest BCUT2D eigenvalue weighted by atomic mass is 16.6. The van der Waals surface area contributed by atoms with E-state index in [2.05, 4.69) is 5.32 Å². The zero-order valence-corrected chi connectivity index (χ0v) is 19.8. The van der Waals surface area contributed by atoms with Crippen molar-refractivity contribution >= 4 is 39.8 Å². The first-order valence-corrected chi connectivity index (χ1v) is 11.9. The molecule has 2 aliphatic rings. The van der Waals surface area contributed by atoms with Crippen LogP contribution in [0.3, 0.4) is 0 Å². The van der Waals surface area contributed by atoms with Crippen molar-refractivity contribution < 1.29 is 19.2 Å². The number of fused-ring (bicyclic) bond motifs is 1. The van der Waals surface area contributed by atoms with E-state index in [9.17, 15) is 19.7 Å². The molecule has 10 nitrogen and oxygen atoms in total. The van der Waals surface area contributed by atoms with Gasteiger partial charge in [0.05, 0.1) is 18.1 Å². The molecule has 36 heavy (non-hydrogen) atoms. The van der Waals surface area contributed by atoms with Crippen LogP contribution in [0.2, 0.25) is 0 Å². The number of carbonyl (C=O) groups excluding carboxylic acids is 2. The van der Waals surface area contributed by atoms with Crippen molar-refractivity contribution in [2.24, 2.45) is 0 Å². The molecule has 2 saturated heterocycles. The van der Waals surface area contributed by atoms with E-state index < -0.39 is 10.8 Å². The number of nitrogens with zero attached hydrogens (tertiary/aromatic N) is 4. The van der Waals surface area contributed by atoms with Gasteiger partial charge in [-0.25, -0.2) is 4.79 Å². The summed E-state index contributed by atoms with van der Waals surface area (Å²) in [6.45, 7) is 4.12. The molecule has 186 valence electrons. The molecule has 1 N–H and O–H groups in total. The first-order chi connectivity index (χ1) is 17.5. The number of anilines is 2. The molecule has 2 aliphatic heterocycles. The minimum atomic E-state index is -0.465. The Kier molecular flexibility index (Phi) is 6.68. The minimum absolute atomic E-state index is 0.0202. The van der Waals surface area contributed by atoms with Crippen LogP contribution in [-0.4, -0.2) is 79.1 Å². The van der Waals surface area contributed by atoms with Crippen LogP contribution < -0.4 is 10.2 Å². The fourth-order valence-corrected chi connectivity index (χ4v) is 4.64. The predicted octanol–water partition coefficient (Wildman–Crippen LogP) is 3.57. The van der Waals surface area contributed by atoms with Gasteiger partial charge < -0.3 is 24.8 Å². The van der Waals surface area contributed by atoms with Crippen LogP contribution in [0, 0.1) is 10.1 Å². The van der Waals surface area contributed by atoms with E-state index in [0.29, 0.717) is 63.9 Å². The molecule has 3 amide bonds. The van der Waals surface area contributed by atoms with Crippen LogP contribution in [0.1, 0.15) is 10.4 Å². The summed E-state index contributed by atoms with van der Waals surface area (Å²) in [5.41, 5.74) is 1.14. The predicted molar refractivity (Wildman–Crippen MR) is 137 cm³/mol. The van der Waals surface area contributed by atoms with Gasteiger partial charge >= 0.3 is 6.03 Å². The van der Waals surface area contributed by atoms with Gasteiger partial charge in [-0.05, 0) is 35.0 Å². The van der Waals surface area contributed by atoms with E-state index in [1.54, 1.807) is 28.0 Å². The van der Waals surface area contributed by atoms with Gasteiger partial charge in [-0.1, -0.05) is 30.3 Å². The van der Waals surface area contributed by atoms with Crippen LogP contribution >= 0.6 is 0 Å². The maximum atomic E-state index is 12.9. The lowest BCUT2D eigenvalue weighted by atomic mass is 10.1. The Labute approximate surface area is 208 Å². The average molecular weight is 490 g/mol. The molecule has 0 bridgehead atoms. The summed E-state index contributed by atoms with van der Waals surface area (Å²) in [5.74, 6) is -0.416. The van der Waals surface area contributed by atoms with Crippen molar-refractivity contribution in [3.63, 3.8) is 0 Å². The van der Waals surface area contributed by atoms with Gasteiger partial charge in [0.1, 0.15) is 5.69 Å². The maximum absolute atomic E-state index is 12.9. The van der Waals surface area contributed by atoms with Crippen LogP contribution in [0.4, 0.5) is 21.9 Å². The first kappa shape index (κ1) is 23.6. The third-order valence-corrected chi connectivity index (χ3v) is 6.61. The van der Waals surface area contributed by atoms with Crippen LogP contribution in [0.5, 0.6) is 0 Å². The standard InChI is InChI=1S/C26H27N5O5/c32-25(27-22-7-5-19-3-1-2-4-20(19)17-22)21-6-8-23(24(18-21)31(34)35)28-9-11-29(12-10-28)26(33)30-13-15-36-16-14-30/h1-8,17-18H,9-16H2,(H,27,32). The second-order valence-electron chi connectivity index (χ2n) is 8.83. The number of morpholine rings is 1. The third kappa shape index (κ3) is 4.94. The number of ether oxygens (including phenoxy) is 1. The molecule has 0 atom stereocenters. The highest BCUT2D eigenvalue weighted by molar-refractivity contribution is 6.06. The van der Waals surface area contributed by atoms with Crippen molar-refractivity contribution in [1.29, 1.82) is 0 Å². The molecule has 0 unspecified atom stereocenters. The largest absolute Gasteiger partial charge is 0.378 e. The topological polar surface area (TPSA) is 108 Å². The Morgan fingerprint density at radius 3 is 2.25 bits per heavy atom. The molecule has 0 saturated carbocycles. The summed E-state index contributed by atoms with van der Waals surface area (Å²) >= 11 is 0. The fourth-order valence-electron chi connectivity index (χ4n) is 4.64. The zero-order chi connectivity index (χ0) is 25.1. The first-order valence-electron chi connectivity index (χ1n) is 11.9. The molecule has 0 aliphatic carbocycles. The quantitative estimate of drug-likeness (QED) is 0.443. The fraction of sp³-hybridized carbons (Fsp3) is 0.308. The number of nitrogens with one attached hydrogen (secondary N) is 1. The maximum Gasteiger partial charge on any atom is 0.320 e. The molecule has 0 aromatic heterocycles. The lowest BCUT2D eigenvalue weighted by Gasteiger charge is -2.39. The number of urea groups is 1.